The van der Waals surface area contributed by atoms with E-state index < -0.39 is 0 Å². The van der Waals surface area contributed by atoms with Crippen molar-refractivity contribution in [2.75, 3.05) is 14.2 Å². The molecule has 0 unspecified atom stereocenters. The molecule has 0 aliphatic carbocycles. The van der Waals surface area contributed by atoms with Crippen LogP contribution in [-0.2, 0) is 7.05 Å². The smallest absolute Gasteiger partial charge is 0.275 e. The minimum atomic E-state index is -0.0980. The zero-order chi connectivity index (χ0) is 13.6. The summed E-state index contributed by atoms with van der Waals surface area (Å²) in [5.41, 5.74) is 1.39. The summed E-state index contributed by atoms with van der Waals surface area (Å²) in [6.45, 7) is 0. The highest BCUT2D eigenvalue weighted by Crippen LogP contribution is 2.33. The molecule has 0 aliphatic heterocycles. The number of benzene rings is 1. The van der Waals surface area contributed by atoms with E-state index in [2.05, 4.69) is 10.1 Å². The molecule has 0 atom stereocenters. The average Bonchev–Trinajstić information content (AvgIpc) is 2.73. The molecule has 0 aliphatic rings. The number of H-pyrrole nitrogens is 1. The van der Waals surface area contributed by atoms with E-state index in [4.69, 9.17) is 9.47 Å². The average molecular weight is 259 g/mol. The van der Waals surface area contributed by atoms with E-state index in [-0.39, 0.29) is 5.56 Å². The third kappa shape index (κ3) is 1.56. The molecule has 2 heterocycles. The van der Waals surface area contributed by atoms with Crippen molar-refractivity contribution < 1.29 is 9.47 Å². The molecule has 0 bridgehead atoms. The highest BCUT2D eigenvalue weighted by Gasteiger charge is 2.12. The van der Waals surface area contributed by atoms with Gasteiger partial charge in [-0.1, -0.05) is 0 Å². The Labute approximate surface area is 108 Å². The standard InChI is InChI=1S/C13H13N3O3/c1-16-13(17)8-6-14-9-5-11(19-3)10(18-2)4-7(9)12(8)15-16/h4-6,15H,1-3H3. The van der Waals surface area contributed by atoms with Gasteiger partial charge >= 0.3 is 0 Å². The Kier molecular flexibility index (Phi) is 2.45. The van der Waals surface area contributed by atoms with Crippen molar-refractivity contribution in [3.8, 4) is 11.5 Å². The third-order valence-corrected chi connectivity index (χ3v) is 3.19. The van der Waals surface area contributed by atoms with Gasteiger partial charge in [0.05, 0.1) is 30.6 Å². The van der Waals surface area contributed by atoms with Gasteiger partial charge in [0, 0.05) is 24.7 Å². The van der Waals surface area contributed by atoms with Crippen LogP contribution in [-0.4, -0.2) is 29.0 Å². The van der Waals surface area contributed by atoms with Gasteiger partial charge in [-0.25, -0.2) is 0 Å². The van der Waals surface area contributed by atoms with Gasteiger partial charge in [0.1, 0.15) is 0 Å². The Morgan fingerprint density at radius 1 is 1.16 bits per heavy atom. The molecule has 0 radical (unpaired) electrons. The van der Waals surface area contributed by atoms with E-state index in [9.17, 15) is 4.79 Å². The van der Waals surface area contributed by atoms with Crippen molar-refractivity contribution in [1.29, 1.82) is 0 Å². The second-order valence-electron chi connectivity index (χ2n) is 4.25. The van der Waals surface area contributed by atoms with Gasteiger partial charge in [-0.2, -0.15) is 0 Å². The van der Waals surface area contributed by atoms with Crippen LogP contribution in [0.25, 0.3) is 21.8 Å². The number of pyridine rings is 1. The minimum Gasteiger partial charge on any atom is -0.493 e. The summed E-state index contributed by atoms with van der Waals surface area (Å²) in [6, 6.07) is 3.61. The molecule has 2 aromatic heterocycles. The topological polar surface area (TPSA) is 69.1 Å². The Bertz CT molecular complexity index is 832. The van der Waals surface area contributed by atoms with Gasteiger partial charge in [-0.15, -0.1) is 0 Å². The number of aromatic amines is 1. The van der Waals surface area contributed by atoms with Crippen LogP contribution in [0.1, 0.15) is 0 Å². The van der Waals surface area contributed by atoms with Crippen molar-refractivity contribution in [2.45, 2.75) is 0 Å². The van der Waals surface area contributed by atoms with Crippen molar-refractivity contribution in [2.24, 2.45) is 7.05 Å². The van der Waals surface area contributed by atoms with E-state index in [0.29, 0.717) is 16.9 Å². The summed E-state index contributed by atoms with van der Waals surface area (Å²) in [7, 11) is 4.83. The monoisotopic (exact) mass is 259 g/mol. The number of fused-ring (bicyclic) bond motifs is 3. The zero-order valence-electron chi connectivity index (χ0n) is 10.9. The molecular weight excluding hydrogens is 246 g/mol. The van der Waals surface area contributed by atoms with Crippen LogP contribution in [0.3, 0.4) is 0 Å². The summed E-state index contributed by atoms with van der Waals surface area (Å²) in [5.74, 6) is 1.22. The third-order valence-electron chi connectivity index (χ3n) is 3.19. The number of hydrogen-bond donors (Lipinski definition) is 1. The molecule has 0 saturated heterocycles. The summed E-state index contributed by atoms with van der Waals surface area (Å²) in [6.07, 6.45) is 1.57. The van der Waals surface area contributed by atoms with E-state index >= 15 is 0 Å². The number of aryl methyl sites for hydroxylation is 1. The molecule has 1 aromatic carbocycles. The van der Waals surface area contributed by atoms with Crippen LogP contribution in [0.2, 0.25) is 0 Å². The molecule has 98 valence electrons. The van der Waals surface area contributed by atoms with Crippen LogP contribution < -0.4 is 15.0 Å². The second kappa shape index (κ2) is 4.01. The highest BCUT2D eigenvalue weighted by molar-refractivity contribution is 6.03. The molecule has 3 rings (SSSR count). The first-order chi connectivity index (χ1) is 9.15. The lowest BCUT2D eigenvalue weighted by Gasteiger charge is -2.08. The van der Waals surface area contributed by atoms with E-state index in [1.54, 1.807) is 33.5 Å². The van der Waals surface area contributed by atoms with Crippen LogP contribution in [0, 0.1) is 0 Å². The van der Waals surface area contributed by atoms with Crippen LogP contribution >= 0.6 is 0 Å². The largest absolute Gasteiger partial charge is 0.493 e. The maximum absolute atomic E-state index is 11.9. The molecule has 0 spiro atoms. The quantitative estimate of drug-likeness (QED) is 0.756. The normalized spacial score (nSPS) is 11.1. The maximum Gasteiger partial charge on any atom is 0.275 e. The molecular formula is C13H13N3O3. The van der Waals surface area contributed by atoms with E-state index in [1.165, 1.54) is 4.68 Å². The Balaban J connectivity index is 2.48. The Morgan fingerprint density at radius 3 is 2.53 bits per heavy atom. The van der Waals surface area contributed by atoms with E-state index in [1.807, 2.05) is 6.07 Å². The Morgan fingerprint density at radius 2 is 1.84 bits per heavy atom. The molecule has 0 fully saturated rings. The van der Waals surface area contributed by atoms with Crippen LogP contribution in [0.5, 0.6) is 11.5 Å². The number of methoxy groups -OCH3 is 2. The van der Waals surface area contributed by atoms with Gasteiger partial charge in [-0.05, 0) is 6.07 Å². The summed E-state index contributed by atoms with van der Waals surface area (Å²) in [4.78, 5) is 16.2. The number of hydrogen-bond acceptors (Lipinski definition) is 4. The number of aromatic nitrogens is 3. The summed E-state index contributed by atoms with van der Waals surface area (Å²) in [5, 5.41) is 4.41. The maximum atomic E-state index is 11.9. The predicted octanol–water partition coefficient (Wildman–Crippen LogP) is 1.43. The van der Waals surface area contributed by atoms with Crippen molar-refractivity contribution in [1.82, 2.24) is 14.8 Å². The number of ether oxygens (including phenoxy) is 2. The lowest BCUT2D eigenvalue weighted by Crippen LogP contribution is -2.11. The zero-order valence-corrected chi connectivity index (χ0v) is 10.9. The first kappa shape index (κ1) is 11.6. The molecule has 6 nitrogen and oxygen atoms in total. The van der Waals surface area contributed by atoms with Gasteiger partial charge < -0.3 is 9.47 Å². The van der Waals surface area contributed by atoms with Crippen LogP contribution in [0.15, 0.2) is 23.1 Å². The summed E-state index contributed by atoms with van der Waals surface area (Å²) >= 11 is 0. The molecule has 0 amide bonds. The number of nitrogens with one attached hydrogen (secondary N) is 1. The lowest BCUT2D eigenvalue weighted by molar-refractivity contribution is 0.356. The van der Waals surface area contributed by atoms with Crippen molar-refractivity contribution in [3.05, 3.63) is 28.7 Å². The van der Waals surface area contributed by atoms with Gasteiger partial charge in [-0.3, -0.25) is 19.6 Å². The molecule has 6 heteroatoms. The van der Waals surface area contributed by atoms with Gasteiger partial charge in [0.15, 0.2) is 11.5 Å². The molecule has 1 N–H and O–H groups in total. The second-order valence-corrected chi connectivity index (χ2v) is 4.25. The lowest BCUT2D eigenvalue weighted by atomic mass is 10.1. The highest BCUT2D eigenvalue weighted by atomic mass is 16.5. The summed E-state index contributed by atoms with van der Waals surface area (Å²) < 4.78 is 12.0. The first-order valence-electron chi connectivity index (χ1n) is 5.75. The minimum absolute atomic E-state index is 0.0980. The first-order valence-corrected chi connectivity index (χ1v) is 5.75. The van der Waals surface area contributed by atoms with Gasteiger partial charge in [0.2, 0.25) is 0 Å². The fraction of sp³-hybridized carbons (Fsp3) is 0.231. The van der Waals surface area contributed by atoms with E-state index in [0.717, 1.165) is 16.4 Å². The Hall–Kier alpha value is -2.50. The molecule has 0 saturated carbocycles. The predicted molar refractivity (Wildman–Crippen MR) is 71.9 cm³/mol. The number of nitrogens with zero attached hydrogens (tertiary/aromatic N) is 2. The fourth-order valence-corrected chi connectivity index (χ4v) is 2.20. The SMILES string of the molecule is COc1cc2ncc3c(=O)n(C)[nH]c3c2cc1OC. The number of rotatable bonds is 2. The fourth-order valence-electron chi connectivity index (χ4n) is 2.20. The van der Waals surface area contributed by atoms with Crippen LogP contribution in [0.4, 0.5) is 0 Å². The van der Waals surface area contributed by atoms with Crippen molar-refractivity contribution in [3.63, 3.8) is 0 Å². The van der Waals surface area contributed by atoms with Crippen molar-refractivity contribution >= 4 is 21.8 Å². The van der Waals surface area contributed by atoms with Gasteiger partial charge in [0.25, 0.3) is 5.56 Å². The molecule has 3 aromatic rings. The molecule has 19 heavy (non-hydrogen) atoms.